The quantitative estimate of drug-likeness (QED) is 0.346. The highest BCUT2D eigenvalue weighted by Crippen LogP contribution is 2.40. The number of hydrogen-bond donors (Lipinski definition) is 1. The van der Waals surface area contributed by atoms with Crippen molar-refractivity contribution in [3.8, 4) is 0 Å². The van der Waals surface area contributed by atoms with Gasteiger partial charge in [0.2, 0.25) is 0 Å². The second kappa shape index (κ2) is 12.1. The van der Waals surface area contributed by atoms with Gasteiger partial charge in [-0.1, -0.05) is 69.7 Å². The molecule has 0 saturated heterocycles. The third-order valence-electron chi connectivity index (χ3n) is 6.02. The number of benzene rings is 1. The van der Waals surface area contributed by atoms with Gasteiger partial charge in [-0.05, 0) is 42.7 Å². The van der Waals surface area contributed by atoms with Gasteiger partial charge in [0.15, 0.2) is 0 Å². The zero-order chi connectivity index (χ0) is 19.5. The summed E-state index contributed by atoms with van der Waals surface area (Å²) < 4.78 is 0. The fraction of sp³-hybridized carbons (Fsp3) is 0.667. The van der Waals surface area contributed by atoms with Crippen LogP contribution < -0.4 is 0 Å². The normalized spacial score (nSPS) is 20.7. The highest BCUT2D eigenvalue weighted by Gasteiger charge is 2.34. The number of ketones is 1. The molecule has 1 aromatic carbocycles. The second-order valence-electron chi connectivity index (χ2n) is 8.05. The van der Waals surface area contributed by atoms with Crippen LogP contribution in [0.5, 0.6) is 0 Å². The molecule has 0 bridgehead atoms. The van der Waals surface area contributed by atoms with E-state index in [4.69, 9.17) is 0 Å². The first kappa shape index (κ1) is 21.8. The number of hydrogen-bond acceptors (Lipinski definition) is 3. The fourth-order valence-corrected chi connectivity index (χ4v) is 4.34. The molecule has 0 radical (unpaired) electrons. The number of aldehydes is 1. The minimum absolute atomic E-state index is 0.149. The number of rotatable bonds is 13. The molecule has 0 aliphatic heterocycles. The van der Waals surface area contributed by atoms with Crippen LogP contribution in [-0.2, 0) is 9.59 Å². The third-order valence-corrected chi connectivity index (χ3v) is 6.02. The summed E-state index contributed by atoms with van der Waals surface area (Å²) in [5, 5.41) is 10.3. The number of carbonyl (C=O) groups is 2. The van der Waals surface area contributed by atoms with Crippen LogP contribution in [0.4, 0.5) is 0 Å². The van der Waals surface area contributed by atoms with Gasteiger partial charge in [-0.25, -0.2) is 0 Å². The topological polar surface area (TPSA) is 54.4 Å². The highest BCUT2D eigenvalue weighted by molar-refractivity contribution is 5.84. The van der Waals surface area contributed by atoms with Gasteiger partial charge < -0.3 is 9.90 Å². The Morgan fingerprint density at radius 1 is 1.07 bits per heavy atom. The van der Waals surface area contributed by atoms with Crippen molar-refractivity contribution >= 4 is 12.1 Å². The average Bonchev–Trinajstić information content (AvgIpc) is 3.05. The minimum Gasteiger partial charge on any atom is -0.388 e. The zero-order valence-corrected chi connectivity index (χ0v) is 16.9. The Hall–Kier alpha value is -1.48. The molecule has 0 spiro atoms. The molecule has 1 saturated carbocycles. The summed E-state index contributed by atoms with van der Waals surface area (Å²) in [5.41, 5.74) is 2.24. The summed E-state index contributed by atoms with van der Waals surface area (Å²) in [7, 11) is 0. The van der Waals surface area contributed by atoms with Gasteiger partial charge in [-0.3, -0.25) is 4.79 Å². The second-order valence-corrected chi connectivity index (χ2v) is 8.05. The molecule has 150 valence electrons. The molecule has 3 nitrogen and oxygen atoms in total. The van der Waals surface area contributed by atoms with Crippen molar-refractivity contribution in [2.75, 3.05) is 0 Å². The maximum absolute atomic E-state index is 12.4. The van der Waals surface area contributed by atoms with Crippen molar-refractivity contribution in [3.63, 3.8) is 0 Å². The van der Waals surface area contributed by atoms with Gasteiger partial charge in [0.05, 0.1) is 6.10 Å². The molecule has 0 heterocycles. The van der Waals surface area contributed by atoms with E-state index in [1.54, 1.807) is 0 Å². The van der Waals surface area contributed by atoms with Crippen LogP contribution in [0.15, 0.2) is 24.3 Å². The molecule has 27 heavy (non-hydrogen) atoms. The predicted octanol–water partition coefficient (Wildman–Crippen LogP) is 5.90. The molecule has 1 aromatic rings. The summed E-state index contributed by atoms with van der Waals surface area (Å²) >= 11 is 0. The molecule has 2 rings (SSSR count). The van der Waals surface area contributed by atoms with E-state index in [1.807, 2.05) is 12.1 Å². The Kier molecular flexibility index (Phi) is 9.75. The Bertz CT molecular complexity index is 563. The number of aliphatic hydroxyl groups excluding tert-OH is 1. The van der Waals surface area contributed by atoms with Gasteiger partial charge in [0.25, 0.3) is 0 Å². The lowest BCUT2D eigenvalue weighted by Gasteiger charge is -2.20. The molecule has 3 atom stereocenters. The van der Waals surface area contributed by atoms with Crippen molar-refractivity contribution in [2.45, 2.75) is 96.0 Å². The highest BCUT2D eigenvalue weighted by atomic mass is 16.3. The monoisotopic (exact) mass is 372 g/mol. The number of carbonyl (C=O) groups excluding carboxylic acids is 2. The first-order valence-electron chi connectivity index (χ1n) is 10.9. The van der Waals surface area contributed by atoms with Gasteiger partial charge in [0.1, 0.15) is 12.1 Å². The van der Waals surface area contributed by atoms with Gasteiger partial charge in [-0.15, -0.1) is 0 Å². The summed E-state index contributed by atoms with van der Waals surface area (Å²) in [6, 6.07) is 8.34. The number of Topliss-reactive ketones (excluding diaryl/α,β-unsaturated/α-hetero) is 1. The molecule has 0 amide bonds. The van der Waals surface area contributed by atoms with Crippen molar-refractivity contribution in [1.29, 1.82) is 0 Å². The lowest BCUT2D eigenvalue weighted by Crippen LogP contribution is -2.13. The molecule has 0 unspecified atom stereocenters. The standard InChI is InChI=1S/C24H36O3/c1-2-3-7-11-23(26)20-14-12-19(13-15-20)21-16-17-24(27)22(21)10-8-5-4-6-9-18-25/h12-15,18,21-23,26H,2-11,16-17H2,1H3/t21-,22-,23-/m0/s1. The maximum Gasteiger partial charge on any atom is 0.136 e. The maximum atomic E-state index is 12.4. The molecule has 0 aromatic heterocycles. The molecule has 1 aliphatic rings. The molecule has 1 aliphatic carbocycles. The Labute approximate surface area is 164 Å². The van der Waals surface area contributed by atoms with Gasteiger partial charge in [-0.2, -0.15) is 0 Å². The first-order chi connectivity index (χ1) is 13.2. The van der Waals surface area contributed by atoms with Crippen LogP contribution in [0.25, 0.3) is 0 Å². The fourth-order valence-electron chi connectivity index (χ4n) is 4.34. The first-order valence-corrected chi connectivity index (χ1v) is 10.9. The SMILES string of the molecule is CCCCC[C@H](O)c1ccc([C@@H]2CCC(=O)[C@H]2CCCCCCC=O)cc1. The Balaban J connectivity index is 1.87. The molecule has 1 N–H and O–H groups in total. The smallest absolute Gasteiger partial charge is 0.136 e. The zero-order valence-electron chi connectivity index (χ0n) is 16.9. The minimum atomic E-state index is -0.377. The molecular formula is C24H36O3. The van der Waals surface area contributed by atoms with E-state index in [2.05, 4.69) is 19.1 Å². The van der Waals surface area contributed by atoms with Crippen LogP contribution in [0.1, 0.15) is 107 Å². The number of aliphatic hydroxyl groups is 1. The van der Waals surface area contributed by atoms with E-state index in [1.165, 1.54) is 12.0 Å². The van der Waals surface area contributed by atoms with E-state index >= 15 is 0 Å². The average molecular weight is 373 g/mol. The third kappa shape index (κ3) is 6.88. The van der Waals surface area contributed by atoms with Crippen molar-refractivity contribution in [3.05, 3.63) is 35.4 Å². The van der Waals surface area contributed by atoms with E-state index in [0.717, 1.165) is 69.6 Å². The van der Waals surface area contributed by atoms with E-state index in [9.17, 15) is 14.7 Å². The van der Waals surface area contributed by atoms with Crippen molar-refractivity contribution in [2.24, 2.45) is 5.92 Å². The largest absolute Gasteiger partial charge is 0.388 e. The van der Waals surface area contributed by atoms with Crippen LogP contribution in [0.3, 0.4) is 0 Å². The molecule has 1 fully saturated rings. The van der Waals surface area contributed by atoms with Crippen molar-refractivity contribution in [1.82, 2.24) is 0 Å². The van der Waals surface area contributed by atoms with Gasteiger partial charge >= 0.3 is 0 Å². The number of unbranched alkanes of at least 4 members (excludes halogenated alkanes) is 6. The van der Waals surface area contributed by atoms with Gasteiger partial charge in [0, 0.05) is 18.8 Å². The van der Waals surface area contributed by atoms with E-state index < -0.39 is 0 Å². The molecule has 3 heteroatoms. The molecular weight excluding hydrogens is 336 g/mol. The Morgan fingerprint density at radius 2 is 1.81 bits per heavy atom. The summed E-state index contributed by atoms with van der Waals surface area (Å²) in [6.07, 6.45) is 12.3. The van der Waals surface area contributed by atoms with Crippen LogP contribution in [-0.4, -0.2) is 17.2 Å². The van der Waals surface area contributed by atoms with E-state index in [-0.39, 0.29) is 12.0 Å². The van der Waals surface area contributed by atoms with E-state index in [0.29, 0.717) is 24.5 Å². The lowest BCUT2D eigenvalue weighted by atomic mass is 9.84. The van der Waals surface area contributed by atoms with Crippen molar-refractivity contribution < 1.29 is 14.7 Å². The summed E-state index contributed by atoms with van der Waals surface area (Å²) in [4.78, 5) is 22.7. The predicted molar refractivity (Wildman–Crippen MR) is 110 cm³/mol. The van der Waals surface area contributed by atoms with Crippen LogP contribution in [0, 0.1) is 5.92 Å². The lowest BCUT2D eigenvalue weighted by molar-refractivity contribution is -0.121. The van der Waals surface area contributed by atoms with Crippen LogP contribution >= 0.6 is 0 Å². The summed E-state index contributed by atoms with van der Waals surface area (Å²) in [6.45, 7) is 2.17. The summed E-state index contributed by atoms with van der Waals surface area (Å²) in [5.74, 6) is 0.895. The Morgan fingerprint density at radius 3 is 2.52 bits per heavy atom. The van der Waals surface area contributed by atoms with Crippen LogP contribution in [0.2, 0.25) is 0 Å².